The highest BCUT2D eigenvalue weighted by Crippen LogP contribution is 2.50. The molecule has 3 aliphatic heterocycles. The summed E-state index contributed by atoms with van der Waals surface area (Å²) in [6, 6.07) is 24.1. The van der Waals surface area contributed by atoms with Crippen LogP contribution in [0, 0.1) is 0 Å². The van der Waals surface area contributed by atoms with Gasteiger partial charge >= 0.3 is 0 Å². The molecule has 0 fully saturated rings. The number of hydrazone groups is 1. The van der Waals surface area contributed by atoms with Gasteiger partial charge in [-0.05, 0) is 18.2 Å². The number of nitrogens with zero attached hydrogens (tertiary/aromatic N) is 3. The van der Waals surface area contributed by atoms with E-state index < -0.39 is 4.87 Å². The van der Waals surface area contributed by atoms with Crippen LogP contribution in [0.1, 0.15) is 31.8 Å². The van der Waals surface area contributed by atoms with E-state index in [4.69, 9.17) is 0 Å². The summed E-state index contributed by atoms with van der Waals surface area (Å²) in [5.74, 6) is -0.818. The molecule has 1 atom stereocenters. The Kier molecular flexibility index (Phi) is 4.38. The summed E-state index contributed by atoms with van der Waals surface area (Å²) in [7, 11) is 0. The van der Waals surface area contributed by atoms with Crippen molar-refractivity contribution < 1.29 is 14.4 Å². The summed E-state index contributed by atoms with van der Waals surface area (Å²) >= 11 is 1.38. The maximum Gasteiger partial charge on any atom is 0.270 e. The lowest BCUT2D eigenvalue weighted by Gasteiger charge is -2.24. The first-order valence-corrected chi connectivity index (χ1v) is 11.4. The Balaban J connectivity index is 1.27. The molecular weight excluding hydrogens is 436 g/mol. The zero-order valence-corrected chi connectivity index (χ0v) is 18.2. The van der Waals surface area contributed by atoms with Crippen LogP contribution >= 0.6 is 11.8 Å². The van der Waals surface area contributed by atoms with Crippen LogP contribution < -0.4 is 10.3 Å². The zero-order chi connectivity index (χ0) is 22.6. The minimum Gasteiger partial charge on any atom is -0.307 e. The lowest BCUT2D eigenvalue weighted by Crippen LogP contribution is -2.47. The predicted octanol–water partition coefficient (Wildman–Crippen LogP) is 3.18. The van der Waals surface area contributed by atoms with Gasteiger partial charge in [-0.25, -0.2) is 0 Å². The predicted molar refractivity (Wildman–Crippen MR) is 126 cm³/mol. The topological polar surface area (TPSA) is 82.1 Å². The zero-order valence-electron chi connectivity index (χ0n) is 17.4. The molecule has 0 aromatic heterocycles. The molecule has 0 unspecified atom stereocenters. The van der Waals surface area contributed by atoms with E-state index in [-0.39, 0.29) is 30.8 Å². The van der Waals surface area contributed by atoms with E-state index in [0.717, 1.165) is 21.9 Å². The second kappa shape index (κ2) is 7.31. The monoisotopic (exact) mass is 454 g/mol. The van der Waals surface area contributed by atoms with Crippen molar-refractivity contribution in [2.45, 2.75) is 4.87 Å². The van der Waals surface area contributed by atoms with Gasteiger partial charge in [0.25, 0.3) is 17.7 Å². The van der Waals surface area contributed by atoms with Crippen molar-refractivity contribution in [3.63, 3.8) is 0 Å². The number of rotatable bonds is 4. The molecule has 1 N–H and O–H groups in total. The van der Waals surface area contributed by atoms with Gasteiger partial charge in [-0.3, -0.25) is 24.7 Å². The van der Waals surface area contributed by atoms with Crippen LogP contribution in [0.2, 0.25) is 0 Å². The van der Waals surface area contributed by atoms with Crippen LogP contribution in [0.4, 0.5) is 5.69 Å². The molecule has 1 spiro atoms. The summed E-state index contributed by atoms with van der Waals surface area (Å²) in [5, 5.41) is 5.21. The van der Waals surface area contributed by atoms with Gasteiger partial charge in [-0.15, -0.1) is 0 Å². The molecule has 0 radical (unpaired) electrons. The lowest BCUT2D eigenvalue weighted by molar-refractivity contribution is -0.121. The van der Waals surface area contributed by atoms with Crippen molar-refractivity contribution in [3.8, 4) is 0 Å². The van der Waals surface area contributed by atoms with Gasteiger partial charge in [0.2, 0.25) is 4.87 Å². The van der Waals surface area contributed by atoms with Gasteiger partial charge in [0, 0.05) is 24.2 Å². The fourth-order valence-electron chi connectivity index (χ4n) is 4.52. The fraction of sp³-hybridized carbons (Fsp3) is 0.120. The smallest absolute Gasteiger partial charge is 0.270 e. The third-order valence-electron chi connectivity index (χ3n) is 6.13. The maximum absolute atomic E-state index is 13.7. The minimum absolute atomic E-state index is 0.111. The van der Waals surface area contributed by atoms with Crippen LogP contribution in [0.25, 0.3) is 0 Å². The van der Waals surface area contributed by atoms with Gasteiger partial charge in [0.15, 0.2) is 0 Å². The Labute approximate surface area is 194 Å². The number of imide groups is 1. The molecule has 0 saturated carbocycles. The maximum atomic E-state index is 13.7. The van der Waals surface area contributed by atoms with E-state index >= 15 is 0 Å². The summed E-state index contributed by atoms with van der Waals surface area (Å²) in [5.41, 5.74) is 6.40. The van der Waals surface area contributed by atoms with Gasteiger partial charge < -0.3 is 4.90 Å². The average Bonchev–Trinajstić information content (AvgIpc) is 3.48. The van der Waals surface area contributed by atoms with Crippen LogP contribution in [0.15, 0.2) is 84.0 Å². The number of nitrogens with one attached hydrogen (secondary N) is 1. The summed E-state index contributed by atoms with van der Waals surface area (Å²) < 4.78 is 0. The molecule has 8 heteroatoms. The number of anilines is 1. The fourth-order valence-corrected chi connectivity index (χ4v) is 5.72. The highest BCUT2D eigenvalue weighted by atomic mass is 32.2. The third kappa shape index (κ3) is 2.84. The third-order valence-corrected chi connectivity index (χ3v) is 7.44. The molecule has 162 valence electrons. The number of amides is 3. The van der Waals surface area contributed by atoms with E-state index in [2.05, 4.69) is 10.5 Å². The average molecular weight is 455 g/mol. The van der Waals surface area contributed by atoms with Crippen molar-refractivity contribution in [3.05, 3.63) is 101 Å². The Morgan fingerprint density at radius 3 is 2.09 bits per heavy atom. The Morgan fingerprint density at radius 2 is 1.36 bits per heavy atom. The molecule has 3 aromatic carbocycles. The Hall–Kier alpha value is -3.91. The molecule has 0 bridgehead atoms. The van der Waals surface area contributed by atoms with E-state index in [9.17, 15) is 14.4 Å². The first-order chi connectivity index (χ1) is 16.1. The number of hydrogen-bond donors (Lipinski definition) is 1. The van der Waals surface area contributed by atoms with Gasteiger partial charge in [-0.1, -0.05) is 72.4 Å². The number of thioether (sulfide) groups is 1. The van der Waals surface area contributed by atoms with Crippen molar-refractivity contribution in [1.82, 2.24) is 10.3 Å². The molecule has 0 aliphatic carbocycles. The van der Waals surface area contributed by atoms with Crippen molar-refractivity contribution >= 4 is 40.2 Å². The molecule has 33 heavy (non-hydrogen) atoms. The first-order valence-electron chi connectivity index (χ1n) is 10.6. The highest BCUT2D eigenvalue weighted by Gasteiger charge is 2.55. The molecule has 6 rings (SSSR count). The van der Waals surface area contributed by atoms with E-state index in [1.165, 1.54) is 16.7 Å². The summed E-state index contributed by atoms with van der Waals surface area (Å²) in [4.78, 5) is 41.0. The molecule has 3 amide bonds. The molecular formula is C25H18N4O3S. The lowest BCUT2D eigenvalue weighted by atomic mass is 10.1. The van der Waals surface area contributed by atoms with Crippen LogP contribution in [0.3, 0.4) is 0 Å². The highest BCUT2D eigenvalue weighted by molar-refractivity contribution is 8.16. The van der Waals surface area contributed by atoms with E-state index in [0.29, 0.717) is 11.1 Å². The molecule has 7 nitrogen and oxygen atoms in total. The van der Waals surface area contributed by atoms with Crippen molar-refractivity contribution in [2.75, 3.05) is 18.0 Å². The Morgan fingerprint density at radius 1 is 0.758 bits per heavy atom. The van der Waals surface area contributed by atoms with Crippen LogP contribution in [-0.4, -0.2) is 40.8 Å². The molecule has 0 saturated heterocycles. The van der Waals surface area contributed by atoms with Crippen LogP contribution in [-0.2, 0) is 9.67 Å². The second-order valence-corrected chi connectivity index (χ2v) is 9.16. The molecule has 3 heterocycles. The first kappa shape index (κ1) is 19.8. The SMILES string of the molecule is O=C1c2ccccc2C(=O)N1CCN1C(=O)[C@]2(NN=C(c3ccccc3)S2)c2ccccc21. The number of para-hydroxylation sites is 1. The van der Waals surface area contributed by atoms with Gasteiger partial charge in [0.1, 0.15) is 5.04 Å². The van der Waals surface area contributed by atoms with E-state index in [1.807, 2.05) is 54.6 Å². The van der Waals surface area contributed by atoms with Crippen molar-refractivity contribution in [2.24, 2.45) is 5.10 Å². The number of carbonyl (C=O) groups is 3. The quantitative estimate of drug-likeness (QED) is 0.613. The second-order valence-electron chi connectivity index (χ2n) is 7.96. The summed E-state index contributed by atoms with van der Waals surface area (Å²) in [6.07, 6.45) is 0. The minimum atomic E-state index is -1.07. The van der Waals surface area contributed by atoms with Gasteiger partial charge in [-0.2, -0.15) is 5.10 Å². The van der Waals surface area contributed by atoms with Crippen LogP contribution in [0.5, 0.6) is 0 Å². The number of fused-ring (bicyclic) bond motifs is 3. The number of carbonyl (C=O) groups excluding carboxylic acids is 3. The summed E-state index contributed by atoms with van der Waals surface area (Å²) in [6.45, 7) is 0.311. The number of hydrogen-bond acceptors (Lipinski definition) is 6. The Bertz CT molecular complexity index is 1320. The van der Waals surface area contributed by atoms with Crippen molar-refractivity contribution in [1.29, 1.82) is 0 Å². The normalized spacial score (nSPS) is 20.8. The molecule has 3 aliphatic rings. The molecule has 3 aromatic rings. The number of benzene rings is 3. The van der Waals surface area contributed by atoms with Gasteiger partial charge in [0.05, 0.1) is 16.8 Å². The largest absolute Gasteiger partial charge is 0.307 e. The van der Waals surface area contributed by atoms with E-state index in [1.54, 1.807) is 29.2 Å². The standard InChI is InChI=1S/C25H18N4O3S/c30-22-17-10-4-5-11-18(17)23(31)29(22)15-14-28-20-13-7-6-12-19(20)25(24(28)32)27-26-21(33-25)16-8-2-1-3-9-16/h1-13,27H,14-15H2/t25-/m0/s1.